The Bertz CT molecular complexity index is 480. The van der Waals surface area contributed by atoms with Gasteiger partial charge >= 0.3 is 35.5 Å². The van der Waals surface area contributed by atoms with Gasteiger partial charge in [-0.3, -0.25) is 4.79 Å². The van der Waals surface area contributed by atoms with Crippen molar-refractivity contribution in [3.63, 3.8) is 0 Å². The van der Waals surface area contributed by atoms with Crippen molar-refractivity contribution in [2.24, 2.45) is 17.3 Å². The summed E-state index contributed by atoms with van der Waals surface area (Å²) in [5, 5.41) is 11.9. The van der Waals surface area contributed by atoms with Gasteiger partial charge in [-0.05, 0) is 37.2 Å². The van der Waals surface area contributed by atoms with Crippen molar-refractivity contribution in [2.45, 2.75) is 46.1 Å². The zero-order chi connectivity index (χ0) is 13.1. The van der Waals surface area contributed by atoms with Gasteiger partial charge in [-0.2, -0.15) is 0 Å². The Kier molecular flexibility index (Phi) is 3.94. The van der Waals surface area contributed by atoms with Crippen LogP contribution in [-0.2, 0) is 9.53 Å². The summed E-state index contributed by atoms with van der Waals surface area (Å²) in [4.78, 5) is 11.8. The molecule has 0 aromatic rings. The summed E-state index contributed by atoms with van der Waals surface area (Å²) in [7, 11) is 0. The number of esters is 1. The van der Waals surface area contributed by atoms with Crippen LogP contribution in [0, 0.1) is 17.3 Å². The van der Waals surface area contributed by atoms with Crippen molar-refractivity contribution in [1.29, 1.82) is 0 Å². The molecule has 2 fully saturated rings. The minimum Gasteiger partial charge on any atom is -0.872 e. The summed E-state index contributed by atoms with van der Waals surface area (Å²) in [6, 6.07) is 0. The van der Waals surface area contributed by atoms with E-state index in [1.54, 1.807) is 6.08 Å². The Balaban J connectivity index is 0.00000133. The summed E-state index contributed by atoms with van der Waals surface area (Å²) >= 11 is 0. The molecule has 0 unspecified atom stereocenters. The van der Waals surface area contributed by atoms with E-state index >= 15 is 0 Å². The Morgan fingerprint density at radius 3 is 2.84 bits per heavy atom. The minimum absolute atomic E-state index is 0. The van der Waals surface area contributed by atoms with Crippen LogP contribution in [0.2, 0.25) is 0 Å². The molecule has 1 saturated carbocycles. The average molecular weight is 270 g/mol. The second kappa shape index (κ2) is 4.94. The van der Waals surface area contributed by atoms with Gasteiger partial charge < -0.3 is 9.84 Å². The molecule has 0 N–H and O–H groups in total. The molecule has 0 aromatic heterocycles. The molecular weight excluding hydrogens is 251 g/mol. The molecule has 19 heavy (non-hydrogen) atoms. The van der Waals surface area contributed by atoms with Crippen LogP contribution >= 0.6 is 0 Å². The van der Waals surface area contributed by atoms with E-state index in [2.05, 4.69) is 6.92 Å². The quantitative estimate of drug-likeness (QED) is 0.416. The van der Waals surface area contributed by atoms with Gasteiger partial charge in [0.25, 0.3) is 0 Å². The third-order valence-electron chi connectivity index (χ3n) is 5.12. The second-order valence-electron chi connectivity index (χ2n) is 6.22. The first-order valence-electron chi connectivity index (χ1n) is 6.73. The Morgan fingerprint density at radius 1 is 1.47 bits per heavy atom. The number of allylic oxidation sites excluding steroid dienone is 2. The van der Waals surface area contributed by atoms with Gasteiger partial charge in [-0.25, -0.2) is 0 Å². The monoisotopic (exact) mass is 270 g/mol. The number of rotatable bonds is 0. The van der Waals surface area contributed by atoms with Crippen LogP contribution in [0.15, 0.2) is 23.0 Å². The van der Waals surface area contributed by atoms with Gasteiger partial charge in [-0.15, -0.1) is 5.76 Å². The van der Waals surface area contributed by atoms with Gasteiger partial charge in [0.2, 0.25) is 0 Å². The van der Waals surface area contributed by atoms with Crippen molar-refractivity contribution < 1.29 is 44.2 Å². The number of hydrogen-bond donors (Lipinski definition) is 0. The van der Waals surface area contributed by atoms with Gasteiger partial charge in [0.1, 0.15) is 6.10 Å². The predicted molar refractivity (Wildman–Crippen MR) is 65.3 cm³/mol. The van der Waals surface area contributed by atoms with E-state index in [1.807, 2.05) is 13.8 Å². The second-order valence-corrected chi connectivity index (χ2v) is 6.22. The SMILES string of the molecule is CC1=C2[C@H]3OC(=O)[C@@H](C)[C@@H]3CC[C@@]2(C)CC=C1[O-].[Na+]. The van der Waals surface area contributed by atoms with E-state index in [-0.39, 0.29) is 64.6 Å². The number of fused-ring (bicyclic) bond motifs is 3. The molecule has 0 bridgehead atoms. The topological polar surface area (TPSA) is 49.4 Å². The molecule has 0 spiro atoms. The van der Waals surface area contributed by atoms with Crippen LogP contribution in [-0.4, -0.2) is 12.1 Å². The van der Waals surface area contributed by atoms with Crippen LogP contribution in [0.25, 0.3) is 0 Å². The average Bonchev–Trinajstić information content (AvgIpc) is 2.60. The van der Waals surface area contributed by atoms with Crippen LogP contribution in [0.4, 0.5) is 0 Å². The summed E-state index contributed by atoms with van der Waals surface area (Å²) in [6.45, 7) is 6.02. The van der Waals surface area contributed by atoms with Crippen LogP contribution < -0.4 is 34.7 Å². The van der Waals surface area contributed by atoms with E-state index in [4.69, 9.17) is 4.74 Å². The fourth-order valence-corrected chi connectivity index (χ4v) is 3.88. The molecule has 3 nitrogen and oxygen atoms in total. The summed E-state index contributed by atoms with van der Waals surface area (Å²) < 4.78 is 5.57. The molecule has 0 aromatic carbocycles. The van der Waals surface area contributed by atoms with Gasteiger partial charge in [0, 0.05) is 5.92 Å². The molecule has 2 aliphatic carbocycles. The van der Waals surface area contributed by atoms with Crippen LogP contribution in [0.1, 0.15) is 40.0 Å². The standard InChI is InChI=1S/C15H20O3.Na/c1-8-10-4-6-15(3)7-5-11(16)9(2)12(15)13(10)18-14(8)17;/h5,8,10,13,16H,4,6-7H2,1-3H3;/q;+1/p-1/t8-,10-,13-,15-;/m0./s1. The van der Waals surface area contributed by atoms with E-state index in [0.717, 1.165) is 30.4 Å². The fourth-order valence-electron chi connectivity index (χ4n) is 3.88. The summed E-state index contributed by atoms with van der Waals surface area (Å²) in [5.41, 5.74) is 1.92. The zero-order valence-electron chi connectivity index (χ0n) is 12.2. The normalized spacial score (nSPS) is 40.9. The number of ether oxygens (including phenoxy) is 1. The van der Waals surface area contributed by atoms with E-state index in [9.17, 15) is 9.90 Å². The third kappa shape index (κ3) is 2.10. The van der Waals surface area contributed by atoms with Crippen molar-refractivity contribution >= 4 is 5.97 Å². The van der Waals surface area contributed by atoms with E-state index in [0.29, 0.717) is 0 Å². The molecule has 1 saturated heterocycles. The largest absolute Gasteiger partial charge is 1.00 e. The molecule has 4 heteroatoms. The maximum atomic E-state index is 11.9. The van der Waals surface area contributed by atoms with E-state index < -0.39 is 0 Å². The molecule has 0 radical (unpaired) electrons. The van der Waals surface area contributed by atoms with Gasteiger partial charge in [0.05, 0.1) is 5.92 Å². The number of hydrogen-bond acceptors (Lipinski definition) is 3. The third-order valence-corrected chi connectivity index (χ3v) is 5.12. The Morgan fingerprint density at radius 2 is 2.16 bits per heavy atom. The van der Waals surface area contributed by atoms with Crippen LogP contribution in [0.5, 0.6) is 0 Å². The maximum absolute atomic E-state index is 11.9. The molecular formula is C15H19NaO3. The molecule has 1 heterocycles. The number of carbonyl (C=O) groups is 1. The van der Waals surface area contributed by atoms with E-state index in [1.165, 1.54) is 0 Å². The predicted octanol–water partition coefficient (Wildman–Crippen LogP) is -1.07. The smallest absolute Gasteiger partial charge is 0.872 e. The van der Waals surface area contributed by atoms with Crippen LogP contribution in [0.3, 0.4) is 0 Å². The Hall–Kier alpha value is -0.250. The molecule has 98 valence electrons. The molecule has 3 rings (SSSR count). The number of carbonyl (C=O) groups excluding carboxylic acids is 1. The van der Waals surface area contributed by atoms with Crippen molar-refractivity contribution in [3.05, 3.63) is 23.0 Å². The van der Waals surface area contributed by atoms with Gasteiger partial charge in [-0.1, -0.05) is 25.5 Å². The first-order valence-corrected chi connectivity index (χ1v) is 6.73. The molecule has 1 aliphatic heterocycles. The van der Waals surface area contributed by atoms with Crippen molar-refractivity contribution in [3.8, 4) is 0 Å². The summed E-state index contributed by atoms with van der Waals surface area (Å²) in [6.07, 6.45) is 4.50. The zero-order valence-corrected chi connectivity index (χ0v) is 14.2. The maximum Gasteiger partial charge on any atom is 1.00 e. The summed E-state index contributed by atoms with van der Waals surface area (Å²) in [5.74, 6) is 0.248. The van der Waals surface area contributed by atoms with Crippen molar-refractivity contribution in [1.82, 2.24) is 0 Å². The first-order chi connectivity index (χ1) is 8.44. The first kappa shape index (κ1) is 15.1. The van der Waals surface area contributed by atoms with Crippen molar-refractivity contribution in [2.75, 3.05) is 0 Å². The molecule has 3 aliphatic rings. The minimum atomic E-state index is -0.149. The molecule has 0 amide bonds. The fraction of sp³-hybridized carbons (Fsp3) is 0.667. The Labute approximate surface area is 136 Å². The molecule has 4 atom stereocenters. The van der Waals surface area contributed by atoms with Gasteiger partial charge in [0.15, 0.2) is 0 Å².